The molecule has 120 valence electrons. The van der Waals surface area contributed by atoms with Crippen molar-refractivity contribution in [2.24, 2.45) is 11.7 Å². The number of thiophene rings is 1. The van der Waals surface area contributed by atoms with E-state index in [9.17, 15) is 8.42 Å². The van der Waals surface area contributed by atoms with Gasteiger partial charge in [0, 0.05) is 19.6 Å². The van der Waals surface area contributed by atoms with Gasteiger partial charge in [-0.3, -0.25) is 0 Å². The Balaban J connectivity index is 3.03. The molecule has 1 heterocycles. The molecule has 0 radical (unpaired) electrons. The third-order valence-electron chi connectivity index (χ3n) is 2.78. The van der Waals surface area contributed by atoms with Gasteiger partial charge in [0.05, 0.1) is 4.88 Å². The second kappa shape index (κ2) is 7.64. The van der Waals surface area contributed by atoms with Crippen molar-refractivity contribution >= 4 is 38.6 Å². The summed E-state index contributed by atoms with van der Waals surface area (Å²) in [7, 11) is 0.359. The molecule has 0 saturated heterocycles. The van der Waals surface area contributed by atoms with Gasteiger partial charge in [0.15, 0.2) is 0 Å². The normalized spacial score (nSPS) is 12.5. The Hall–Kier alpha value is -0.540. The van der Waals surface area contributed by atoms with Crippen LogP contribution >= 0.6 is 23.6 Å². The number of hydrogen-bond donors (Lipinski definition) is 1. The zero-order valence-electron chi connectivity index (χ0n) is 12.9. The van der Waals surface area contributed by atoms with Gasteiger partial charge in [0.2, 0.25) is 0 Å². The summed E-state index contributed by atoms with van der Waals surface area (Å²) in [6.45, 7) is 5.66. The van der Waals surface area contributed by atoms with Crippen LogP contribution in [0.15, 0.2) is 16.3 Å². The van der Waals surface area contributed by atoms with Crippen LogP contribution in [0, 0.1) is 5.92 Å². The van der Waals surface area contributed by atoms with Gasteiger partial charge in [0.1, 0.15) is 9.20 Å². The summed E-state index contributed by atoms with van der Waals surface area (Å²) < 4.78 is 27.3. The molecule has 0 atom stereocenters. The molecule has 0 aliphatic rings. The molecule has 2 N–H and O–H groups in total. The van der Waals surface area contributed by atoms with Gasteiger partial charge < -0.3 is 10.6 Å². The number of sulfonamides is 1. The molecule has 5 nitrogen and oxygen atoms in total. The third-order valence-corrected chi connectivity index (χ3v) is 6.58. The van der Waals surface area contributed by atoms with E-state index in [1.165, 1.54) is 4.31 Å². The maximum Gasteiger partial charge on any atom is 0.252 e. The molecule has 0 spiro atoms. The maximum absolute atomic E-state index is 12.8. The number of likely N-dealkylation sites (N-methyl/N-ethyl adjacent to an activating group) is 1. The van der Waals surface area contributed by atoms with Gasteiger partial charge in [-0.1, -0.05) is 26.1 Å². The topological polar surface area (TPSA) is 66.6 Å². The Bertz CT molecular complexity index is 579. The molecular formula is C13H23N3O2S3. The van der Waals surface area contributed by atoms with E-state index < -0.39 is 10.0 Å². The van der Waals surface area contributed by atoms with Crippen LogP contribution in [0.4, 0.5) is 0 Å². The molecule has 1 rings (SSSR count). The molecule has 0 amide bonds. The van der Waals surface area contributed by atoms with Crippen molar-refractivity contribution < 1.29 is 8.42 Å². The van der Waals surface area contributed by atoms with Crippen molar-refractivity contribution in [3.63, 3.8) is 0 Å². The zero-order valence-corrected chi connectivity index (χ0v) is 15.3. The minimum Gasteiger partial charge on any atom is -0.389 e. The maximum atomic E-state index is 12.8. The van der Waals surface area contributed by atoms with Crippen LogP contribution in [0.1, 0.15) is 18.7 Å². The van der Waals surface area contributed by atoms with Crippen molar-refractivity contribution in [3.8, 4) is 0 Å². The number of thiocarbonyl (C=S) groups is 1. The lowest BCUT2D eigenvalue weighted by molar-refractivity contribution is 0.313. The van der Waals surface area contributed by atoms with E-state index in [1.54, 1.807) is 12.1 Å². The van der Waals surface area contributed by atoms with Crippen molar-refractivity contribution in [1.29, 1.82) is 0 Å². The van der Waals surface area contributed by atoms with Crippen molar-refractivity contribution in [1.82, 2.24) is 9.21 Å². The highest BCUT2D eigenvalue weighted by molar-refractivity contribution is 7.91. The van der Waals surface area contributed by atoms with Crippen LogP contribution in [-0.2, 0) is 10.0 Å². The van der Waals surface area contributed by atoms with Gasteiger partial charge >= 0.3 is 0 Å². The van der Waals surface area contributed by atoms with Crippen molar-refractivity contribution in [2.45, 2.75) is 18.1 Å². The van der Waals surface area contributed by atoms with E-state index in [0.717, 1.165) is 11.3 Å². The van der Waals surface area contributed by atoms with Crippen LogP contribution in [0.5, 0.6) is 0 Å². The average molecular weight is 350 g/mol. The Kier molecular flexibility index (Phi) is 6.73. The Morgan fingerprint density at radius 1 is 1.33 bits per heavy atom. The molecule has 8 heteroatoms. The molecule has 0 aromatic carbocycles. The third kappa shape index (κ3) is 5.30. The summed E-state index contributed by atoms with van der Waals surface area (Å²) >= 11 is 6.02. The molecule has 0 unspecified atom stereocenters. The highest BCUT2D eigenvalue weighted by Gasteiger charge is 2.27. The zero-order chi connectivity index (χ0) is 16.2. The summed E-state index contributed by atoms with van der Waals surface area (Å²) in [6, 6.07) is 3.25. The summed E-state index contributed by atoms with van der Waals surface area (Å²) in [5, 5.41) is 0. The molecule has 0 saturated carbocycles. The van der Waals surface area contributed by atoms with E-state index in [-0.39, 0.29) is 10.9 Å². The summed E-state index contributed by atoms with van der Waals surface area (Å²) in [6.07, 6.45) is 0. The lowest BCUT2D eigenvalue weighted by atomic mass is 10.2. The highest BCUT2D eigenvalue weighted by Crippen LogP contribution is 2.25. The molecule has 0 bridgehead atoms. The summed E-state index contributed by atoms with van der Waals surface area (Å²) in [4.78, 5) is 2.82. The van der Waals surface area contributed by atoms with Crippen LogP contribution in [0.3, 0.4) is 0 Å². The molecule has 0 aliphatic carbocycles. The second-order valence-corrected chi connectivity index (χ2v) is 9.23. The molecule has 1 aromatic heterocycles. The van der Waals surface area contributed by atoms with E-state index in [4.69, 9.17) is 18.0 Å². The number of rotatable bonds is 8. The van der Waals surface area contributed by atoms with E-state index >= 15 is 0 Å². The Morgan fingerprint density at radius 3 is 2.38 bits per heavy atom. The van der Waals surface area contributed by atoms with Crippen LogP contribution in [0.2, 0.25) is 0 Å². The lowest BCUT2D eigenvalue weighted by Gasteiger charge is -2.24. The largest absolute Gasteiger partial charge is 0.389 e. The first-order chi connectivity index (χ1) is 9.64. The van der Waals surface area contributed by atoms with Crippen molar-refractivity contribution in [2.75, 3.05) is 33.7 Å². The molecular weight excluding hydrogens is 326 g/mol. The van der Waals surface area contributed by atoms with Gasteiger partial charge in [-0.15, -0.1) is 11.3 Å². The van der Waals surface area contributed by atoms with Gasteiger partial charge in [0.25, 0.3) is 10.0 Å². The van der Waals surface area contributed by atoms with E-state index in [0.29, 0.717) is 28.7 Å². The first-order valence-corrected chi connectivity index (χ1v) is 9.35. The van der Waals surface area contributed by atoms with E-state index in [1.807, 2.05) is 32.8 Å². The van der Waals surface area contributed by atoms with Gasteiger partial charge in [-0.05, 0) is 32.1 Å². The smallest absolute Gasteiger partial charge is 0.252 e. The fraction of sp³-hybridized carbons (Fsp3) is 0.615. The van der Waals surface area contributed by atoms with Crippen molar-refractivity contribution in [3.05, 3.63) is 17.0 Å². The molecule has 0 aliphatic heterocycles. The van der Waals surface area contributed by atoms with Gasteiger partial charge in [-0.25, -0.2) is 8.42 Å². The number of nitrogens with zero attached hydrogens (tertiary/aromatic N) is 2. The quantitative estimate of drug-likeness (QED) is 0.722. The highest BCUT2D eigenvalue weighted by atomic mass is 32.2. The van der Waals surface area contributed by atoms with Gasteiger partial charge in [-0.2, -0.15) is 4.31 Å². The monoisotopic (exact) mass is 349 g/mol. The first kappa shape index (κ1) is 18.5. The fourth-order valence-electron chi connectivity index (χ4n) is 1.75. The average Bonchev–Trinajstić information content (AvgIpc) is 2.83. The second-order valence-electron chi connectivity index (χ2n) is 5.54. The molecule has 0 fully saturated rings. The summed E-state index contributed by atoms with van der Waals surface area (Å²) in [5.41, 5.74) is 5.55. The van der Waals surface area contributed by atoms with Crippen LogP contribution in [0.25, 0.3) is 0 Å². The SMILES string of the molecule is CC(C)CN(CCN(C)C)S(=O)(=O)c1ccc(C(N)=S)s1. The number of hydrogen-bond acceptors (Lipinski definition) is 5. The predicted molar refractivity (Wildman–Crippen MR) is 92.4 cm³/mol. The summed E-state index contributed by atoms with van der Waals surface area (Å²) in [5.74, 6) is 0.261. The standard InChI is InChI=1S/C13H23N3O2S3/c1-10(2)9-16(8-7-15(3)4)21(17,18)12-6-5-11(20-12)13(14)19/h5-6,10H,7-9H2,1-4H3,(H2,14,19). The number of nitrogens with two attached hydrogens (primary N) is 1. The Labute approximate surface area is 136 Å². The lowest BCUT2D eigenvalue weighted by Crippen LogP contribution is -2.38. The predicted octanol–water partition coefficient (Wildman–Crippen LogP) is 1.59. The first-order valence-electron chi connectivity index (χ1n) is 6.69. The van der Waals surface area contributed by atoms with E-state index in [2.05, 4.69) is 0 Å². The molecule has 1 aromatic rings. The fourth-order valence-corrected chi connectivity index (χ4v) is 4.85. The van der Waals surface area contributed by atoms with Crippen LogP contribution < -0.4 is 5.73 Å². The van der Waals surface area contributed by atoms with Crippen LogP contribution in [-0.4, -0.2) is 56.3 Å². The Morgan fingerprint density at radius 2 is 1.95 bits per heavy atom. The minimum atomic E-state index is -3.49. The molecule has 21 heavy (non-hydrogen) atoms. The minimum absolute atomic E-state index is 0.227.